The molecule has 5 unspecified atom stereocenters. The summed E-state index contributed by atoms with van der Waals surface area (Å²) in [7, 11) is 3.23. The molecule has 0 saturated heterocycles. The van der Waals surface area contributed by atoms with Crippen molar-refractivity contribution in [2.45, 2.75) is 44.9 Å². The van der Waals surface area contributed by atoms with E-state index in [9.17, 15) is 34.8 Å². The van der Waals surface area contributed by atoms with Crippen molar-refractivity contribution < 1.29 is 34.8 Å². The predicted octanol–water partition coefficient (Wildman–Crippen LogP) is 1.09. The Kier molecular flexibility index (Phi) is 4.96. The maximum absolute atomic E-state index is 13.3. The zero-order valence-electron chi connectivity index (χ0n) is 18.6. The van der Waals surface area contributed by atoms with Crippen LogP contribution in [0.4, 0.5) is 0 Å². The number of rotatable bonds is 2. The third-order valence-corrected chi connectivity index (χ3v) is 7.31. The number of aromatic hydroxyl groups is 2. The summed E-state index contributed by atoms with van der Waals surface area (Å²) < 4.78 is 0. The van der Waals surface area contributed by atoms with Gasteiger partial charge in [0.2, 0.25) is 0 Å². The monoisotopic (exact) mass is 441 g/mol. The third-order valence-electron chi connectivity index (χ3n) is 7.31. The highest BCUT2D eigenvalue weighted by Gasteiger charge is 2.65. The summed E-state index contributed by atoms with van der Waals surface area (Å²) in [6.07, 6.45) is -1.86. The molecule has 0 spiro atoms. The lowest BCUT2D eigenvalue weighted by Crippen LogP contribution is -2.70. The van der Waals surface area contributed by atoms with E-state index >= 15 is 0 Å². The van der Waals surface area contributed by atoms with Gasteiger partial charge in [-0.3, -0.25) is 19.3 Å². The zero-order valence-corrected chi connectivity index (χ0v) is 18.6. The number of aryl methyl sites for hydroxylation is 2. The van der Waals surface area contributed by atoms with Crippen LogP contribution in [0.3, 0.4) is 0 Å². The summed E-state index contributed by atoms with van der Waals surface area (Å²) in [5.41, 5.74) is -0.831. The van der Waals surface area contributed by atoms with Gasteiger partial charge in [0.1, 0.15) is 29.3 Å². The van der Waals surface area contributed by atoms with Crippen LogP contribution >= 0.6 is 0 Å². The predicted molar refractivity (Wildman–Crippen MR) is 116 cm³/mol. The molecule has 0 radical (unpaired) electrons. The average Bonchev–Trinajstić information content (AvgIpc) is 2.70. The molecule has 0 amide bonds. The molecule has 8 heteroatoms. The van der Waals surface area contributed by atoms with Gasteiger partial charge in [-0.1, -0.05) is 12.1 Å². The lowest BCUT2D eigenvalue weighted by atomic mass is 9.57. The Morgan fingerprint density at radius 3 is 2.31 bits per heavy atom. The van der Waals surface area contributed by atoms with Crippen LogP contribution in [-0.2, 0) is 20.8 Å². The second kappa shape index (κ2) is 7.10. The fourth-order valence-corrected chi connectivity index (χ4v) is 5.64. The highest BCUT2D eigenvalue weighted by Crippen LogP contribution is 2.54. The first-order chi connectivity index (χ1) is 14.8. The molecular formula is C24H27NO7. The number of phenols is 2. The molecule has 0 aliphatic heterocycles. The lowest BCUT2D eigenvalue weighted by molar-refractivity contribution is -0.187. The Balaban J connectivity index is 2.06. The number of aliphatic hydroxyl groups is 2. The van der Waals surface area contributed by atoms with E-state index in [0.29, 0.717) is 22.1 Å². The van der Waals surface area contributed by atoms with Gasteiger partial charge in [-0.25, -0.2) is 0 Å². The van der Waals surface area contributed by atoms with Crippen molar-refractivity contribution >= 4 is 28.1 Å². The summed E-state index contributed by atoms with van der Waals surface area (Å²) in [6, 6.07) is 2.47. The van der Waals surface area contributed by atoms with E-state index in [2.05, 4.69) is 0 Å². The summed E-state index contributed by atoms with van der Waals surface area (Å²) in [5.74, 6) is -5.67. The lowest BCUT2D eigenvalue weighted by Gasteiger charge is -2.52. The molecule has 8 nitrogen and oxygen atoms in total. The van der Waals surface area contributed by atoms with Crippen LogP contribution in [0.15, 0.2) is 12.1 Å². The van der Waals surface area contributed by atoms with Gasteiger partial charge in [0.15, 0.2) is 17.2 Å². The fraction of sp³-hybridized carbons (Fsp3) is 0.458. The Morgan fingerprint density at radius 1 is 1.12 bits per heavy atom. The van der Waals surface area contributed by atoms with Crippen molar-refractivity contribution in [3.05, 3.63) is 34.4 Å². The molecule has 2 aliphatic rings. The van der Waals surface area contributed by atoms with Gasteiger partial charge >= 0.3 is 0 Å². The molecule has 0 heterocycles. The quantitative estimate of drug-likeness (QED) is 0.509. The van der Waals surface area contributed by atoms with Crippen molar-refractivity contribution in [3.63, 3.8) is 0 Å². The zero-order chi connectivity index (χ0) is 23.9. The minimum atomic E-state index is -2.46. The molecule has 2 aromatic carbocycles. The summed E-state index contributed by atoms with van der Waals surface area (Å²) in [6.45, 7) is 4.54. The maximum atomic E-state index is 13.3. The number of carbonyl (C=O) groups is 3. The summed E-state index contributed by atoms with van der Waals surface area (Å²) in [5, 5.41) is 45.4. The molecule has 2 aromatic rings. The number of nitrogens with zero attached hydrogens (tertiary/aromatic N) is 1. The van der Waals surface area contributed by atoms with Gasteiger partial charge in [-0.15, -0.1) is 0 Å². The molecule has 0 aromatic heterocycles. The molecule has 170 valence electrons. The van der Waals surface area contributed by atoms with Crippen LogP contribution in [0.5, 0.6) is 11.5 Å². The molecule has 1 fully saturated rings. The number of ketones is 3. The Hall–Kier alpha value is -2.81. The third kappa shape index (κ3) is 2.63. The van der Waals surface area contributed by atoms with Crippen molar-refractivity contribution in [1.29, 1.82) is 0 Å². The van der Waals surface area contributed by atoms with Crippen molar-refractivity contribution in [1.82, 2.24) is 4.90 Å². The van der Waals surface area contributed by atoms with E-state index < -0.39 is 52.7 Å². The van der Waals surface area contributed by atoms with E-state index in [1.165, 1.54) is 0 Å². The van der Waals surface area contributed by atoms with Gasteiger partial charge in [0.05, 0.1) is 11.4 Å². The standard InChI is InChI=1S/C24H27NO7/c1-9-6-7-12-10(2)13-8-14-18(25(4)5)21(29)15(11(3)26)22(30)24(14,32)23(31)17(13)20(28)16(12)19(9)27/h6-7,14-15,18,23,27-28,31-32H,8H2,1-5H3. The number of hydrogen-bond acceptors (Lipinski definition) is 8. The Bertz CT molecular complexity index is 1200. The Labute approximate surface area is 185 Å². The van der Waals surface area contributed by atoms with Crippen LogP contribution in [-0.4, -0.2) is 68.4 Å². The number of benzene rings is 2. The fourth-order valence-electron chi connectivity index (χ4n) is 5.64. The van der Waals surface area contributed by atoms with Crippen LogP contribution in [0.25, 0.3) is 10.8 Å². The number of hydrogen-bond donors (Lipinski definition) is 4. The summed E-state index contributed by atoms with van der Waals surface area (Å²) >= 11 is 0. The first kappa shape index (κ1) is 22.4. The molecule has 5 atom stereocenters. The highest BCUT2D eigenvalue weighted by molar-refractivity contribution is 6.24. The second-order valence-corrected chi connectivity index (χ2v) is 9.28. The number of likely N-dealkylation sites (N-methyl/N-ethyl adjacent to an activating group) is 1. The number of Topliss-reactive ketones (excluding diaryl/α,β-unsaturated/α-hetero) is 3. The van der Waals surface area contributed by atoms with Crippen molar-refractivity contribution in [2.24, 2.45) is 11.8 Å². The molecule has 1 saturated carbocycles. The van der Waals surface area contributed by atoms with Gasteiger partial charge in [-0.05, 0) is 63.4 Å². The normalized spacial score (nSPS) is 29.9. The number of phenolic OH excluding ortho intramolecular Hbond substituents is 2. The van der Waals surface area contributed by atoms with Crippen LogP contribution in [0.2, 0.25) is 0 Å². The molecule has 4 N–H and O–H groups in total. The van der Waals surface area contributed by atoms with Gasteiger partial charge in [0.25, 0.3) is 0 Å². The second-order valence-electron chi connectivity index (χ2n) is 9.28. The van der Waals surface area contributed by atoms with E-state index in [1.807, 2.05) is 0 Å². The molecule has 32 heavy (non-hydrogen) atoms. The van der Waals surface area contributed by atoms with Crippen molar-refractivity contribution in [3.8, 4) is 11.5 Å². The van der Waals surface area contributed by atoms with Crippen molar-refractivity contribution in [2.75, 3.05) is 14.1 Å². The van der Waals surface area contributed by atoms with E-state index in [1.54, 1.807) is 45.0 Å². The molecular weight excluding hydrogens is 414 g/mol. The first-order valence-electron chi connectivity index (χ1n) is 10.5. The topological polar surface area (TPSA) is 135 Å². The molecule has 2 aliphatic carbocycles. The smallest absolute Gasteiger partial charge is 0.185 e. The van der Waals surface area contributed by atoms with Gasteiger partial charge in [0, 0.05) is 11.5 Å². The van der Waals surface area contributed by atoms with Gasteiger partial charge in [-0.2, -0.15) is 0 Å². The minimum absolute atomic E-state index is 0.0256. The average molecular weight is 441 g/mol. The number of fused-ring (bicyclic) bond motifs is 3. The highest BCUT2D eigenvalue weighted by atomic mass is 16.4. The van der Waals surface area contributed by atoms with Crippen LogP contribution in [0.1, 0.15) is 35.3 Å². The van der Waals surface area contributed by atoms with Crippen LogP contribution in [0, 0.1) is 25.7 Å². The van der Waals surface area contributed by atoms with E-state index in [0.717, 1.165) is 6.92 Å². The van der Waals surface area contributed by atoms with Crippen LogP contribution < -0.4 is 0 Å². The van der Waals surface area contributed by atoms with E-state index in [4.69, 9.17) is 0 Å². The van der Waals surface area contributed by atoms with Gasteiger partial charge < -0.3 is 20.4 Å². The number of carbonyl (C=O) groups excluding carboxylic acids is 3. The van der Waals surface area contributed by atoms with E-state index in [-0.39, 0.29) is 23.1 Å². The first-order valence-corrected chi connectivity index (χ1v) is 10.5. The minimum Gasteiger partial charge on any atom is -0.507 e. The maximum Gasteiger partial charge on any atom is 0.185 e. The Morgan fingerprint density at radius 2 is 1.75 bits per heavy atom. The number of aliphatic hydroxyl groups excluding tert-OH is 1. The molecule has 4 rings (SSSR count). The summed E-state index contributed by atoms with van der Waals surface area (Å²) in [4.78, 5) is 40.2. The molecule has 0 bridgehead atoms. The SMILES string of the molecule is CC(=O)C1C(=O)C(N(C)C)C2Cc3c(c(O)c4c(O)c(C)ccc4c3C)C(O)C2(O)C1=O. The largest absolute Gasteiger partial charge is 0.507 e.